The molecule has 0 unspecified atom stereocenters. The van der Waals surface area contributed by atoms with Crippen molar-refractivity contribution in [1.82, 2.24) is 0 Å². The summed E-state index contributed by atoms with van der Waals surface area (Å²) in [7, 11) is 1.59. The number of benzene rings is 3. The number of carboxylic acid groups (broad SMARTS) is 1. The van der Waals surface area contributed by atoms with E-state index in [2.05, 4.69) is 0 Å². The summed E-state index contributed by atoms with van der Waals surface area (Å²) in [6.45, 7) is 9.29. The lowest BCUT2D eigenvalue weighted by Gasteiger charge is -2.10. The highest BCUT2D eigenvalue weighted by molar-refractivity contribution is 7.21. The zero-order valence-electron chi connectivity index (χ0n) is 22.7. The van der Waals surface area contributed by atoms with Crippen LogP contribution >= 0.6 is 11.3 Å². The van der Waals surface area contributed by atoms with Gasteiger partial charge >= 0.3 is 17.9 Å². The van der Waals surface area contributed by atoms with Crippen molar-refractivity contribution in [2.75, 3.05) is 7.11 Å². The molecule has 4 rings (SSSR count). The lowest BCUT2D eigenvalue weighted by atomic mass is 10.00. The SMILES string of the molecule is COCc1ccc(C(C)=O)c2sc(C(=O)O)c(C)c12.Cc1cc(C)c(C(=O)OC(=O)c2ccccc2)c(C)c1. The molecule has 0 bridgehead atoms. The van der Waals surface area contributed by atoms with Crippen LogP contribution in [0, 0.1) is 27.7 Å². The first-order chi connectivity index (χ1) is 18.5. The van der Waals surface area contributed by atoms with Gasteiger partial charge in [0.1, 0.15) is 4.88 Å². The largest absolute Gasteiger partial charge is 0.477 e. The molecule has 0 saturated heterocycles. The fraction of sp³-hybridized carbons (Fsp3) is 0.226. The molecule has 0 radical (unpaired) electrons. The number of thiophene rings is 1. The number of hydrogen-bond donors (Lipinski definition) is 1. The highest BCUT2D eigenvalue weighted by atomic mass is 32.1. The van der Waals surface area contributed by atoms with Crippen molar-refractivity contribution in [1.29, 1.82) is 0 Å². The third kappa shape index (κ3) is 6.66. The molecule has 7 nitrogen and oxygen atoms in total. The fourth-order valence-corrected chi connectivity index (χ4v) is 5.71. The number of esters is 2. The number of hydrogen-bond acceptors (Lipinski definition) is 7. The number of aryl methyl sites for hydroxylation is 4. The van der Waals surface area contributed by atoms with Gasteiger partial charge in [0.05, 0.1) is 17.7 Å². The van der Waals surface area contributed by atoms with Crippen molar-refractivity contribution in [3.63, 3.8) is 0 Å². The first kappa shape index (κ1) is 29.4. The van der Waals surface area contributed by atoms with Gasteiger partial charge in [0.25, 0.3) is 0 Å². The number of carbonyl (C=O) groups is 4. The predicted octanol–water partition coefficient (Wildman–Crippen LogP) is 6.87. The van der Waals surface area contributed by atoms with Crippen LogP contribution < -0.4 is 0 Å². The van der Waals surface area contributed by atoms with Gasteiger partial charge in [-0.1, -0.05) is 42.0 Å². The number of carboxylic acids is 1. The average Bonchev–Trinajstić information content (AvgIpc) is 3.22. The average molecular weight is 547 g/mol. The summed E-state index contributed by atoms with van der Waals surface area (Å²) in [4.78, 5) is 47.2. The molecule has 0 amide bonds. The molecular weight excluding hydrogens is 516 g/mol. The molecule has 3 aromatic carbocycles. The molecule has 0 aliphatic carbocycles. The third-order valence-electron chi connectivity index (χ3n) is 6.11. The van der Waals surface area contributed by atoms with Gasteiger partial charge in [0.2, 0.25) is 0 Å². The maximum absolute atomic E-state index is 12.1. The highest BCUT2D eigenvalue weighted by Gasteiger charge is 2.21. The van der Waals surface area contributed by atoms with Gasteiger partial charge in [-0.25, -0.2) is 14.4 Å². The topological polar surface area (TPSA) is 107 Å². The lowest BCUT2D eigenvalue weighted by molar-refractivity contribution is 0.0396. The Labute approximate surface area is 231 Å². The van der Waals surface area contributed by atoms with Gasteiger partial charge in [-0.2, -0.15) is 0 Å². The minimum atomic E-state index is -0.962. The van der Waals surface area contributed by atoms with E-state index in [0.29, 0.717) is 28.9 Å². The van der Waals surface area contributed by atoms with Crippen LogP contribution in [-0.2, 0) is 16.1 Å². The molecule has 39 heavy (non-hydrogen) atoms. The van der Waals surface area contributed by atoms with Gasteiger partial charge in [-0.15, -0.1) is 11.3 Å². The first-order valence-corrected chi connectivity index (χ1v) is 12.9. The molecule has 0 saturated carbocycles. The standard InChI is InChI=1S/C17H16O3.C14H14O4S/c1-11-9-12(2)15(13(3)10-11)17(19)20-16(18)14-7-5-4-6-8-14;1-7-11-9(6-18-3)4-5-10(8(2)15)13(11)19-12(7)14(16)17/h4-10H,1-3H3;4-5H,6H2,1-3H3,(H,16,17). The van der Waals surface area contributed by atoms with Crippen molar-refractivity contribution in [2.24, 2.45) is 0 Å². The van der Waals surface area contributed by atoms with E-state index in [0.717, 1.165) is 43.7 Å². The van der Waals surface area contributed by atoms with Crippen molar-refractivity contribution < 1.29 is 33.8 Å². The second kappa shape index (κ2) is 12.6. The molecule has 0 spiro atoms. The zero-order valence-corrected chi connectivity index (χ0v) is 23.5. The van der Waals surface area contributed by atoms with Crippen LogP contribution in [0.5, 0.6) is 0 Å². The molecule has 0 aliphatic heterocycles. The van der Waals surface area contributed by atoms with E-state index in [1.54, 1.807) is 50.4 Å². The Balaban J connectivity index is 0.000000216. The summed E-state index contributed by atoms with van der Waals surface area (Å²) in [5.41, 5.74) is 5.69. The lowest BCUT2D eigenvalue weighted by Crippen LogP contribution is -2.15. The summed E-state index contributed by atoms with van der Waals surface area (Å²) in [5.74, 6) is -2.26. The molecule has 4 aromatic rings. The van der Waals surface area contributed by atoms with Crippen molar-refractivity contribution in [2.45, 2.75) is 41.2 Å². The van der Waals surface area contributed by atoms with Crippen LogP contribution in [0.1, 0.15) is 75.5 Å². The third-order valence-corrected chi connectivity index (χ3v) is 7.43. The Kier molecular flexibility index (Phi) is 9.51. The summed E-state index contributed by atoms with van der Waals surface area (Å²) in [6.07, 6.45) is 0. The van der Waals surface area contributed by atoms with Gasteiger partial charge in [0, 0.05) is 22.8 Å². The Bertz CT molecular complexity index is 1540. The maximum Gasteiger partial charge on any atom is 0.346 e. The van der Waals surface area contributed by atoms with Crippen LogP contribution in [0.25, 0.3) is 10.1 Å². The molecular formula is C31H30O7S. The summed E-state index contributed by atoms with van der Waals surface area (Å²) >= 11 is 1.15. The van der Waals surface area contributed by atoms with Crippen molar-refractivity contribution in [3.05, 3.63) is 104 Å². The van der Waals surface area contributed by atoms with Crippen LogP contribution in [0.3, 0.4) is 0 Å². The van der Waals surface area contributed by atoms with E-state index < -0.39 is 17.9 Å². The Morgan fingerprint density at radius 2 is 1.49 bits per heavy atom. The Morgan fingerprint density at radius 3 is 2.03 bits per heavy atom. The molecule has 1 heterocycles. The van der Waals surface area contributed by atoms with Crippen LogP contribution in [0.4, 0.5) is 0 Å². The first-order valence-electron chi connectivity index (χ1n) is 12.1. The zero-order chi connectivity index (χ0) is 28.9. The minimum Gasteiger partial charge on any atom is -0.477 e. The molecule has 1 aromatic heterocycles. The molecule has 202 valence electrons. The molecule has 0 aliphatic rings. The van der Waals surface area contributed by atoms with E-state index in [4.69, 9.17) is 9.47 Å². The van der Waals surface area contributed by atoms with E-state index in [-0.39, 0.29) is 10.7 Å². The number of Topliss-reactive ketones (excluding diaryl/α,β-unsaturated/α-hetero) is 1. The smallest absolute Gasteiger partial charge is 0.346 e. The normalized spacial score (nSPS) is 10.5. The number of rotatable bonds is 6. The van der Waals surface area contributed by atoms with E-state index in [1.165, 1.54) is 6.92 Å². The second-order valence-electron chi connectivity index (χ2n) is 9.14. The van der Waals surface area contributed by atoms with Gasteiger partial charge in [-0.3, -0.25) is 4.79 Å². The Hall–Kier alpha value is -4.14. The van der Waals surface area contributed by atoms with E-state index in [9.17, 15) is 24.3 Å². The summed E-state index contributed by atoms with van der Waals surface area (Å²) < 4.78 is 10.8. The fourth-order valence-electron chi connectivity index (χ4n) is 4.46. The van der Waals surface area contributed by atoms with Gasteiger partial charge < -0.3 is 14.6 Å². The summed E-state index contributed by atoms with van der Waals surface area (Å²) in [5, 5.41) is 10.0. The predicted molar refractivity (Wildman–Crippen MR) is 151 cm³/mol. The van der Waals surface area contributed by atoms with Crippen molar-refractivity contribution in [3.8, 4) is 0 Å². The van der Waals surface area contributed by atoms with Gasteiger partial charge in [-0.05, 0) is 75.1 Å². The quantitative estimate of drug-likeness (QED) is 0.160. The molecule has 8 heteroatoms. The summed E-state index contributed by atoms with van der Waals surface area (Å²) in [6, 6.07) is 15.8. The monoisotopic (exact) mass is 546 g/mol. The number of methoxy groups -OCH3 is 1. The Morgan fingerprint density at radius 1 is 0.872 bits per heavy atom. The van der Waals surface area contributed by atoms with Crippen LogP contribution in [0.2, 0.25) is 0 Å². The number of carbonyl (C=O) groups excluding carboxylic acids is 3. The number of ketones is 1. The second-order valence-corrected chi connectivity index (χ2v) is 10.2. The van der Waals surface area contributed by atoms with Gasteiger partial charge in [0.15, 0.2) is 5.78 Å². The van der Waals surface area contributed by atoms with Crippen LogP contribution in [-0.4, -0.2) is 35.9 Å². The molecule has 1 N–H and O–H groups in total. The van der Waals surface area contributed by atoms with E-state index >= 15 is 0 Å². The number of fused-ring (bicyclic) bond motifs is 1. The molecule has 0 atom stereocenters. The minimum absolute atomic E-state index is 0.0628. The number of ether oxygens (including phenoxy) is 2. The maximum atomic E-state index is 12.1. The number of aromatic carboxylic acids is 1. The highest BCUT2D eigenvalue weighted by Crippen LogP contribution is 2.36. The van der Waals surface area contributed by atoms with Crippen molar-refractivity contribution >= 4 is 45.1 Å². The molecule has 0 fully saturated rings. The van der Waals surface area contributed by atoms with E-state index in [1.807, 2.05) is 39.0 Å². The van der Waals surface area contributed by atoms with Crippen LogP contribution in [0.15, 0.2) is 54.6 Å².